The topological polar surface area (TPSA) is 83.1 Å². The lowest BCUT2D eigenvalue weighted by molar-refractivity contribution is -0.479. The molecule has 198 valence electrons. The minimum atomic E-state index is -0.475. The van der Waals surface area contributed by atoms with Gasteiger partial charge in [-0.15, -0.1) is 10.2 Å². The number of benzene rings is 4. The summed E-state index contributed by atoms with van der Waals surface area (Å²) in [7, 11) is 0. The summed E-state index contributed by atoms with van der Waals surface area (Å²) >= 11 is 4.96. The Bertz CT molecular complexity index is 1660. The Labute approximate surface area is 239 Å². The highest BCUT2D eigenvalue weighted by Gasteiger charge is 2.25. The molecule has 0 fully saturated rings. The second kappa shape index (κ2) is 11.6. The van der Waals surface area contributed by atoms with Crippen LogP contribution in [0.15, 0.2) is 88.5 Å². The van der Waals surface area contributed by atoms with Gasteiger partial charge in [-0.2, -0.15) is 0 Å². The van der Waals surface area contributed by atoms with E-state index in [2.05, 4.69) is 76.4 Å². The molecule has 0 aliphatic carbocycles. The van der Waals surface area contributed by atoms with Crippen molar-refractivity contribution in [3.63, 3.8) is 0 Å². The van der Waals surface area contributed by atoms with Crippen LogP contribution in [-0.2, 0) is 6.61 Å². The van der Waals surface area contributed by atoms with Crippen LogP contribution in [0.3, 0.4) is 0 Å². The van der Waals surface area contributed by atoms with E-state index in [1.807, 2.05) is 54.0 Å². The van der Waals surface area contributed by atoms with Gasteiger partial charge < -0.3 is 4.74 Å². The number of hydrogen-bond donors (Lipinski definition) is 0. The molecule has 0 aliphatic rings. The standard InChI is InChI=1S/C30H27BrN4O3S/c1-19-11-13-25(15-20(19)2)35-21(3)32-33-30(35)39-29(17-34(36)37)23-12-14-28(27(31)16-23)38-18-24-9-6-8-22-7-4-5-10-26(22)24/h4-16,29H,17-18H2,1-3H3/t29-/m1/s1. The van der Waals surface area contributed by atoms with Crippen molar-refractivity contribution in [1.82, 2.24) is 14.8 Å². The molecule has 7 nitrogen and oxygen atoms in total. The van der Waals surface area contributed by atoms with Gasteiger partial charge in [0.2, 0.25) is 6.54 Å². The van der Waals surface area contributed by atoms with E-state index in [4.69, 9.17) is 4.74 Å². The first-order chi connectivity index (χ1) is 18.8. The van der Waals surface area contributed by atoms with Crippen molar-refractivity contribution in [1.29, 1.82) is 0 Å². The lowest BCUT2D eigenvalue weighted by atomic mass is 10.1. The minimum absolute atomic E-state index is 0.258. The van der Waals surface area contributed by atoms with Crippen molar-refractivity contribution in [2.24, 2.45) is 0 Å². The fourth-order valence-electron chi connectivity index (χ4n) is 4.46. The molecule has 0 amide bonds. The zero-order valence-corrected chi connectivity index (χ0v) is 24.2. The molecule has 1 aromatic heterocycles. The zero-order chi connectivity index (χ0) is 27.5. The first-order valence-electron chi connectivity index (χ1n) is 12.5. The van der Waals surface area contributed by atoms with Crippen molar-refractivity contribution >= 4 is 38.5 Å². The number of ether oxygens (including phenoxy) is 1. The van der Waals surface area contributed by atoms with Gasteiger partial charge in [0.15, 0.2) is 5.16 Å². The monoisotopic (exact) mass is 602 g/mol. The molecule has 0 unspecified atom stereocenters. The lowest BCUT2D eigenvalue weighted by Crippen LogP contribution is -2.11. The Morgan fingerprint density at radius 3 is 2.54 bits per heavy atom. The van der Waals surface area contributed by atoms with Gasteiger partial charge in [-0.05, 0) is 94.0 Å². The van der Waals surface area contributed by atoms with Crippen molar-refractivity contribution in [3.8, 4) is 11.4 Å². The van der Waals surface area contributed by atoms with Crippen molar-refractivity contribution in [2.45, 2.75) is 37.8 Å². The summed E-state index contributed by atoms with van der Waals surface area (Å²) in [6.07, 6.45) is 0. The van der Waals surface area contributed by atoms with Crippen molar-refractivity contribution < 1.29 is 9.66 Å². The Morgan fingerprint density at radius 2 is 1.77 bits per heavy atom. The Kier molecular flexibility index (Phi) is 7.99. The lowest BCUT2D eigenvalue weighted by Gasteiger charge is -2.16. The van der Waals surface area contributed by atoms with Gasteiger partial charge in [-0.3, -0.25) is 14.7 Å². The fraction of sp³-hybridized carbons (Fsp3) is 0.200. The van der Waals surface area contributed by atoms with Crippen LogP contribution in [-0.4, -0.2) is 26.2 Å². The summed E-state index contributed by atoms with van der Waals surface area (Å²) in [5.41, 5.74) is 5.17. The van der Waals surface area contributed by atoms with E-state index in [1.165, 1.54) is 17.3 Å². The number of aryl methyl sites for hydroxylation is 3. The summed E-state index contributed by atoms with van der Waals surface area (Å²) < 4.78 is 8.83. The number of halogens is 1. The molecule has 0 aliphatic heterocycles. The zero-order valence-electron chi connectivity index (χ0n) is 21.8. The van der Waals surface area contributed by atoms with Gasteiger partial charge in [-0.25, -0.2) is 0 Å². The van der Waals surface area contributed by atoms with Gasteiger partial charge in [0.1, 0.15) is 23.4 Å². The smallest absolute Gasteiger partial charge is 0.220 e. The van der Waals surface area contributed by atoms with E-state index in [0.29, 0.717) is 17.5 Å². The number of rotatable bonds is 9. The average molecular weight is 604 g/mol. The molecular formula is C30H27BrN4O3S. The highest BCUT2D eigenvalue weighted by Crippen LogP contribution is 2.39. The number of hydrogen-bond acceptors (Lipinski definition) is 6. The summed E-state index contributed by atoms with van der Waals surface area (Å²) in [6, 6.07) is 26.2. The SMILES string of the molecule is Cc1ccc(-n2c(C)nnc2S[C@H](C[N+](=O)[O-])c2ccc(OCc3cccc4ccccc34)c(Br)c2)cc1C. The predicted octanol–water partition coefficient (Wildman–Crippen LogP) is 7.80. The number of fused-ring (bicyclic) bond motifs is 1. The van der Waals surface area contributed by atoms with Gasteiger partial charge >= 0.3 is 0 Å². The van der Waals surface area contributed by atoms with Gasteiger partial charge in [-0.1, -0.05) is 66.4 Å². The van der Waals surface area contributed by atoms with Crippen LogP contribution in [0, 0.1) is 30.9 Å². The quantitative estimate of drug-likeness (QED) is 0.0972. The molecule has 1 heterocycles. The summed E-state index contributed by atoms with van der Waals surface area (Å²) in [5.74, 6) is 1.39. The van der Waals surface area contributed by atoms with Crippen LogP contribution in [0.2, 0.25) is 0 Å². The highest BCUT2D eigenvalue weighted by molar-refractivity contribution is 9.10. The predicted molar refractivity (Wildman–Crippen MR) is 158 cm³/mol. The van der Waals surface area contributed by atoms with E-state index >= 15 is 0 Å². The number of nitrogens with zero attached hydrogens (tertiary/aromatic N) is 4. The van der Waals surface area contributed by atoms with E-state index in [0.717, 1.165) is 43.4 Å². The third-order valence-corrected chi connectivity index (χ3v) is 8.50. The molecule has 4 aromatic carbocycles. The molecule has 1 atom stereocenters. The molecule has 0 bridgehead atoms. The Hall–Kier alpha value is -3.69. The van der Waals surface area contributed by atoms with Crippen LogP contribution in [0.5, 0.6) is 5.75 Å². The minimum Gasteiger partial charge on any atom is -0.488 e. The molecule has 0 saturated heterocycles. The highest BCUT2D eigenvalue weighted by atomic mass is 79.9. The molecular weight excluding hydrogens is 576 g/mol. The fourth-order valence-corrected chi connectivity index (χ4v) is 6.14. The Morgan fingerprint density at radius 1 is 0.974 bits per heavy atom. The molecule has 0 saturated carbocycles. The van der Waals surface area contributed by atoms with Gasteiger partial charge in [0.05, 0.1) is 4.47 Å². The second-order valence-corrected chi connectivity index (χ2v) is 11.4. The van der Waals surface area contributed by atoms with Crippen LogP contribution in [0.1, 0.15) is 33.3 Å². The molecule has 5 aromatic rings. The van der Waals surface area contributed by atoms with E-state index < -0.39 is 5.25 Å². The largest absolute Gasteiger partial charge is 0.488 e. The molecule has 5 rings (SSSR count). The molecule has 39 heavy (non-hydrogen) atoms. The molecule has 0 spiro atoms. The van der Waals surface area contributed by atoms with Crippen molar-refractivity contribution in [3.05, 3.63) is 122 Å². The molecule has 0 radical (unpaired) electrons. The second-order valence-electron chi connectivity index (χ2n) is 9.37. The van der Waals surface area contributed by atoms with Crippen LogP contribution < -0.4 is 4.74 Å². The summed E-state index contributed by atoms with van der Waals surface area (Å²) in [6.45, 7) is 6.15. The summed E-state index contributed by atoms with van der Waals surface area (Å²) in [4.78, 5) is 11.4. The number of thioether (sulfide) groups is 1. The maximum atomic E-state index is 11.6. The van der Waals surface area contributed by atoms with Crippen LogP contribution in [0.25, 0.3) is 16.5 Å². The maximum absolute atomic E-state index is 11.6. The Balaban J connectivity index is 1.39. The van der Waals surface area contributed by atoms with Crippen LogP contribution in [0.4, 0.5) is 0 Å². The third kappa shape index (κ3) is 5.99. The summed E-state index contributed by atoms with van der Waals surface area (Å²) in [5, 5.41) is 22.7. The average Bonchev–Trinajstić information content (AvgIpc) is 3.28. The van der Waals surface area contributed by atoms with E-state index in [-0.39, 0.29) is 11.5 Å². The van der Waals surface area contributed by atoms with E-state index in [1.54, 1.807) is 0 Å². The molecule has 0 N–H and O–H groups in total. The third-order valence-electron chi connectivity index (χ3n) is 6.70. The number of aromatic nitrogens is 3. The van der Waals surface area contributed by atoms with Crippen LogP contribution >= 0.6 is 27.7 Å². The number of nitro groups is 1. The van der Waals surface area contributed by atoms with E-state index in [9.17, 15) is 10.1 Å². The maximum Gasteiger partial charge on any atom is 0.220 e. The van der Waals surface area contributed by atoms with Crippen molar-refractivity contribution in [2.75, 3.05) is 6.54 Å². The normalized spacial score (nSPS) is 12.0. The molecule has 9 heteroatoms. The first kappa shape index (κ1) is 26.9. The van der Waals surface area contributed by atoms with Gasteiger partial charge in [0.25, 0.3) is 0 Å². The van der Waals surface area contributed by atoms with Gasteiger partial charge in [0, 0.05) is 10.6 Å². The first-order valence-corrected chi connectivity index (χ1v) is 14.1.